The molecule has 0 radical (unpaired) electrons. The number of para-hydroxylation sites is 1. The van der Waals surface area contributed by atoms with Crippen LogP contribution in [0.1, 0.15) is 0 Å². The van der Waals surface area contributed by atoms with E-state index in [2.05, 4.69) is 15.6 Å². The molecule has 3 amide bonds. The molecule has 1 aromatic rings. The number of guanidine groups is 1. The van der Waals surface area contributed by atoms with Crippen molar-refractivity contribution in [3.8, 4) is 5.75 Å². The maximum atomic E-state index is 12.3. The Morgan fingerprint density at radius 1 is 1.28 bits per heavy atom. The minimum absolute atomic E-state index is 0.101. The van der Waals surface area contributed by atoms with Crippen LogP contribution in [0.4, 0.5) is 4.79 Å². The van der Waals surface area contributed by atoms with Crippen molar-refractivity contribution in [1.29, 1.82) is 0 Å². The van der Waals surface area contributed by atoms with Crippen molar-refractivity contribution in [2.24, 2.45) is 4.99 Å². The number of hydrogen-bond donors (Lipinski definition) is 3. The summed E-state index contributed by atoms with van der Waals surface area (Å²) in [7, 11) is 1.61. The first-order valence-corrected chi connectivity index (χ1v) is 8.06. The standard InChI is InChI=1S/C16H21N5O4/c1-20-13-12(14(23)19-16(20)24)21(15(18-13)17-7-9-22)8-10-25-11-5-3-2-4-6-11/h2-6,12-13,22H,7-10H2,1H3,(H,17,18)(H,19,23,24). The van der Waals surface area contributed by atoms with Crippen molar-refractivity contribution < 1.29 is 19.4 Å². The molecule has 0 bridgehead atoms. The summed E-state index contributed by atoms with van der Waals surface area (Å²) in [5.74, 6) is 0.826. The van der Waals surface area contributed by atoms with Gasteiger partial charge in [-0.2, -0.15) is 0 Å². The third-order valence-corrected chi connectivity index (χ3v) is 4.13. The first-order chi connectivity index (χ1) is 12.1. The summed E-state index contributed by atoms with van der Waals surface area (Å²) in [5.41, 5.74) is 0. The van der Waals surface area contributed by atoms with Crippen molar-refractivity contribution in [2.75, 3.05) is 33.4 Å². The Morgan fingerprint density at radius 3 is 2.76 bits per heavy atom. The van der Waals surface area contributed by atoms with Gasteiger partial charge in [0.05, 0.1) is 19.7 Å². The molecule has 2 aliphatic rings. The first kappa shape index (κ1) is 17.0. The number of fused-ring (bicyclic) bond motifs is 1. The zero-order valence-electron chi connectivity index (χ0n) is 13.9. The molecule has 2 atom stereocenters. The Kier molecular flexibility index (Phi) is 5.03. The van der Waals surface area contributed by atoms with Crippen LogP contribution in [0.5, 0.6) is 5.75 Å². The predicted octanol–water partition coefficient (Wildman–Crippen LogP) is -0.805. The number of aliphatic imine (C=N–C) groups is 1. The van der Waals surface area contributed by atoms with Gasteiger partial charge in [0.2, 0.25) is 0 Å². The van der Waals surface area contributed by atoms with E-state index in [-0.39, 0.29) is 19.1 Å². The van der Waals surface area contributed by atoms with Crippen LogP contribution in [0.15, 0.2) is 35.3 Å². The number of amides is 3. The second kappa shape index (κ2) is 7.39. The molecular weight excluding hydrogens is 326 g/mol. The number of urea groups is 1. The van der Waals surface area contributed by atoms with E-state index < -0.39 is 18.2 Å². The molecule has 3 rings (SSSR count). The van der Waals surface area contributed by atoms with Gasteiger partial charge in [0.25, 0.3) is 5.91 Å². The number of carbonyl (C=O) groups excluding carboxylic acids is 2. The van der Waals surface area contributed by atoms with Gasteiger partial charge in [-0.05, 0) is 12.1 Å². The number of benzene rings is 1. The molecule has 2 aliphatic heterocycles. The average Bonchev–Trinajstić information content (AvgIpc) is 2.98. The fourth-order valence-corrected chi connectivity index (χ4v) is 2.90. The molecule has 9 nitrogen and oxygen atoms in total. The maximum absolute atomic E-state index is 12.3. The molecular formula is C16H21N5O4. The van der Waals surface area contributed by atoms with Gasteiger partial charge >= 0.3 is 6.03 Å². The highest BCUT2D eigenvalue weighted by Crippen LogP contribution is 2.20. The summed E-state index contributed by atoms with van der Waals surface area (Å²) in [4.78, 5) is 31.6. The van der Waals surface area contributed by atoms with E-state index in [1.54, 1.807) is 11.9 Å². The van der Waals surface area contributed by atoms with Crippen LogP contribution < -0.4 is 15.4 Å². The lowest BCUT2D eigenvalue weighted by molar-refractivity contribution is -0.127. The summed E-state index contributed by atoms with van der Waals surface area (Å²) >= 11 is 0. The lowest BCUT2D eigenvalue weighted by Crippen LogP contribution is -2.65. The summed E-state index contributed by atoms with van der Waals surface area (Å²) in [6.07, 6.45) is -0.504. The molecule has 9 heteroatoms. The Labute approximate surface area is 145 Å². The molecule has 134 valence electrons. The highest BCUT2D eigenvalue weighted by atomic mass is 16.5. The quantitative estimate of drug-likeness (QED) is 0.622. The molecule has 1 aromatic carbocycles. The van der Waals surface area contributed by atoms with Crippen molar-refractivity contribution >= 4 is 17.9 Å². The zero-order valence-corrected chi connectivity index (χ0v) is 13.9. The van der Waals surface area contributed by atoms with Gasteiger partial charge in [0, 0.05) is 7.05 Å². The van der Waals surface area contributed by atoms with Gasteiger partial charge in [-0.1, -0.05) is 18.2 Å². The number of hydrogen-bond acceptors (Lipinski definition) is 5. The molecule has 25 heavy (non-hydrogen) atoms. The smallest absolute Gasteiger partial charge is 0.325 e. The van der Waals surface area contributed by atoms with E-state index in [1.165, 1.54) is 4.90 Å². The van der Waals surface area contributed by atoms with E-state index in [1.807, 2.05) is 30.3 Å². The van der Waals surface area contributed by atoms with Crippen LogP contribution in [0.25, 0.3) is 0 Å². The summed E-state index contributed by atoms with van der Waals surface area (Å²) < 4.78 is 5.70. The predicted molar refractivity (Wildman–Crippen MR) is 90.0 cm³/mol. The monoisotopic (exact) mass is 347 g/mol. The number of aliphatic hydroxyl groups excluding tert-OH is 1. The minimum atomic E-state index is -0.598. The third kappa shape index (κ3) is 3.50. The molecule has 2 fully saturated rings. The Bertz CT molecular complexity index is 666. The molecule has 3 N–H and O–H groups in total. The molecule has 0 spiro atoms. The Morgan fingerprint density at radius 2 is 2.04 bits per heavy atom. The van der Waals surface area contributed by atoms with Crippen LogP contribution >= 0.6 is 0 Å². The van der Waals surface area contributed by atoms with E-state index >= 15 is 0 Å². The number of nitrogens with one attached hydrogen (secondary N) is 2. The summed E-state index contributed by atoms with van der Waals surface area (Å²) in [6.45, 7) is 0.855. The second-order valence-electron chi connectivity index (χ2n) is 5.72. The number of ether oxygens (including phenoxy) is 1. The Hall–Kier alpha value is -2.81. The topological polar surface area (TPSA) is 107 Å². The maximum Gasteiger partial charge on any atom is 0.325 e. The number of rotatable bonds is 6. The van der Waals surface area contributed by atoms with Crippen LogP contribution in [-0.4, -0.2) is 78.4 Å². The lowest BCUT2D eigenvalue weighted by Gasteiger charge is -2.35. The first-order valence-electron chi connectivity index (χ1n) is 8.06. The van der Waals surface area contributed by atoms with E-state index in [0.717, 1.165) is 5.75 Å². The number of nitrogens with zero attached hydrogens (tertiary/aromatic N) is 3. The summed E-state index contributed by atoms with van der Waals surface area (Å²) in [6, 6.07) is 8.32. The van der Waals surface area contributed by atoms with Crippen molar-refractivity contribution in [1.82, 2.24) is 20.4 Å². The van der Waals surface area contributed by atoms with Gasteiger partial charge in [-0.15, -0.1) is 0 Å². The molecule has 2 heterocycles. The number of aliphatic hydroxyl groups is 1. The van der Waals surface area contributed by atoms with Crippen molar-refractivity contribution in [2.45, 2.75) is 12.2 Å². The van der Waals surface area contributed by atoms with Crippen LogP contribution in [0.3, 0.4) is 0 Å². The number of carbonyl (C=O) groups is 2. The average molecular weight is 347 g/mol. The van der Waals surface area contributed by atoms with E-state index in [0.29, 0.717) is 19.1 Å². The normalized spacial score (nSPS) is 24.2. The molecule has 2 saturated heterocycles. The van der Waals surface area contributed by atoms with E-state index in [9.17, 15) is 9.59 Å². The highest BCUT2D eigenvalue weighted by molar-refractivity contribution is 6.04. The largest absolute Gasteiger partial charge is 0.492 e. The molecule has 0 saturated carbocycles. The summed E-state index contributed by atoms with van der Waals surface area (Å²) in [5, 5.41) is 14.4. The van der Waals surface area contributed by atoms with Crippen LogP contribution in [0, 0.1) is 0 Å². The van der Waals surface area contributed by atoms with Crippen LogP contribution in [0.2, 0.25) is 0 Å². The number of imide groups is 1. The Balaban J connectivity index is 1.73. The van der Waals surface area contributed by atoms with Gasteiger partial charge in [0.15, 0.2) is 12.0 Å². The molecule has 0 aromatic heterocycles. The lowest BCUT2D eigenvalue weighted by atomic mass is 10.1. The molecule has 0 aliphatic carbocycles. The highest BCUT2D eigenvalue weighted by Gasteiger charge is 2.49. The van der Waals surface area contributed by atoms with Gasteiger partial charge in [-0.3, -0.25) is 15.1 Å². The fraction of sp³-hybridized carbons (Fsp3) is 0.438. The van der Waals surface area contributed by atoms with Crippen molar-refractivity contribution in [3.05, 3.63) is 30.3 Å². The second-order valence-corrected chi connectivity index (χ2v) is 5.72. The SMILES string of the molecule is CN1C(=O)NC(=O)C2C1NC(=NCCO)N2CCOc1ccccc1. The third-order valence-electron chi connectivity index (χ3n) is 4.13. The van der Waals surface area contributed by atoms with E-state index in [4.69, 9.17) is 9.84 Å². The number of likely N-dealkylation sites (N-methyl/N-ethyl adjacent to an activating group) is 1. The van der Waals surface area contributed by atoms with Crippen LogP contribution in [-0.2, 0) is 4.79 Å². The minimum Gasteiger partial charge on any atom is -0.492 e. The fourth-order valence-electron chi connectivity index (χ4n) is 2.90. The van der Waals surface area contributed by atoms with Crippen molar-refractivity contribution in [3.63, 3.8) is 0 Å². The van der Waals surface area contributed by atoms with Gasteiger partial charge < -0.3 is 25.0 Å². The van der Waals surface area contributed by atoms with Gasteiger partial charge in [0.1, 0.15) is 18.5 Å². The zero-order chi connectivity index (χ0) is 17.8. The van der Waals surface area contributed by atoms with Gasteiger partial charge in [-0.25, -0.2) is 4.79 Å². The molecule has 2 unspecified atom stereocenters.